The molecule has 0 bridgehead atoms. The maximum absolute atomic E-state index is 12.1. The first-order valence-corrected chi connectivity index (χ1v) is 9.40. The number of methoxy groups -OCH3 is 2. The molecule has 0 heterocycles. The fourth-order valence-electron chi connectivity index (χ4n) is 2.23. The van der Waals surface area contributed by atoms with Crippen molar-refractivity contribution in [1.82, 2.24) is 5.32 Å². The Morgan fingerprint density at radius 2 is 1.57 bits per heavy atom. The molecule has 2 N–H and O–H groups in total. The summed E-state index contributed by atoms with van der Waals surface area (Å²) in [5.74, 6) is -1.60. The van der Waals surface area contributed by atoms with Gasteiger partial charge in [-0.1, -0.05) is 23.2 Å². The van der Waals surface area contributed by atoms with Crippen LogP contribution in [0.3, 0.4) is 0 Å². The maximum Gasteiger partial charge on any atom is 0.337 e. The Labute approximate surface area is 187 Å². The van der Waals surface area contributed by atoms with Crippen molar-refractivity contribution in [3.05, 3.63) is 57.6 Å². The van der Waals surface area contributed by atoms with Gasteiger partial charge in [0.25, 0.3) is 5.91 Å². The normalized spacial score (nSPS) is 10.0. The van der Waals surface area contributed by atoms with Crippen LogP contribution in [0.2, 0.25) is 10.0 Å². The molecule has 0 radical (unpaired) electrons. The van der Waals surface area contributed by atoms with Gasteiger partial charge >= 0.3 is 11.9 Å². The van der Waals surface area contributed by atoms with Gasteiger partial charge in [0, 0.05) is 10.7 Å². The topological polar surface area (TPSA) is 103 Å². The minimum absolute atomic E-state index is 0.0800. The fourth-order valence-corrected chi connectivity index (χ4v) is 2.93. The Bertz CT molecular complexity index is 965. The first-order chi connectivity index (χ1) is 14.2. The van der Waals surface area contributed by atoms with Gasteiger partial charge in [-0.25, -0.2) is 9.59 Å². The van der Waals surface area contributed by atoms with Crippen molar-refractivity contribution >= 4 is 64.1 Å². The van der Waals surface area contributed by atoms with Gasteiger partial charge in [0.1, 0.15) is 5.75 Å². The second-order valence-electron chi connectivity index (χ2n) is 5.65. The number of benzene rings is 2. The third-order valence-corrected chi connectivity index (χ3v) is 4.27. The van der Waals surface area contributed by atoms with Crippen molar-refractivity contribution in [3.8, 4) is 5.75 Å². The standard InChI is InChI=1S/C19H16Cl2N2O6S/c1-27-17(25)10-5-11(18(26)28-2)7-13(6-10)22-19(30)23-16(24)9-29-15-4-3-12(20)8-14(15)21/h3-8H,9H2,1-2H3,(H2,22,23,24,30). The zero-order chi connectivity index (χ0) is 22.3. The molecule has 2 rings (SSSR count). The summed E-state index contributed by atoms with van der Waals surface area (Å²) in [5.41, 5.74) is 0.459. The van der Waals surface area contributed by atoms with Crippen LogP contribution in [0.5, 0.6) is 5.75 Å². The van der Waals surface area contributed by atoms with Gasteiger partial charge < -0.3 is 19.5 Å². The highest BCUT2D eigenvalue weighted by atomic mass is 35.5. The highest BCUT2D eigenvalue weighted by molar-refractivity contribution is 7.80. The summed E-state index contributed by atoms with van der Waals surface area (Å²) in [6.07, 6.45) is 0. The monoisotopic (exact) mass is 470 g/mol. The number of carbonyl (C=O) groups excluding carboxylic acids is 3. The maximum atomic E-state index is 12.1. The molecule has 0 aliphatic heterocycles. The van der Waals surface area contributed by atoms with Crippen molar-refractivity contribution in [1.29, 1.82) is 0 Å². The predicted molar refractivity (Wildman–Crippen MR) is 115 cm³/mol. The Balaban J connectivity index is 2.03. The number of rotatable bonds is 6. The molecule has 0 aliphatic rings. The van der Waals surface area contributed by atoms with Crippen LogP contribution in [-0.2, 0) is 14.3 Å². The van der Waals surface area contributed by atoms with E-state index in [-0.39, 0.29) is 39.3 Å². The average Bonchev–Trinajstić information content (AvgIpc) is 2.71. The lowest BCUT2D eigenvalue weighted by Gasteiger charge is -2.13. The van der Waals surface area contributed by atoms with Crippen molar-refractivity contribution in [2.24, 2.45) is 0 Å². The van der Waals surface area contributed by atoms with E-state index in [4.69, 9.17) is 40.2 Å². The van der Waals surface area contributed by atoms with Crippen molar-refractivity contribution in [3.63, 3.8) is 0 Å². The van der Waals surface area contributed by atoms with E-state index < -0.39 is 17.8 Å². The molecule has 0 saturated carbocycles. The second-order valence-corrected chi connectivity index (χ2v) is 6.90. The van der Waals surface area contributed by atoms with Gasteiger partial charge in [-0.3, -0.25) is 10.1 Å². The summed E-state index contributed by atoms with van der Waals surface area (Å²) in [7, 11) is 2.41. The Morgan fingerprint density at radius 3 is 2.10 bits per heavy atom. The number of nitrogens with one attached hydrogen (secondary N) is 2. The summed E-state index contributed by atoms with van der Waals surface area (Å²) in [4.78, 5) is 35.7. The molecule has 0 aromatic heterocycles. The average molecular weight is 471 g/mol. The van der Waals surface area contributed by atoms with Crippen molar-refractivity contribution < 1.29 is 28.6 Å². The predicted octanol–water partition coefficient (Wildman–Crippen LogP) is 3.46. The molecule has 2 aromatic carbocycles. The molecule has 0 aliphatic carbocycles. The number of carbonyl (C=O) groups is 3. The Hall–Kier alpha value is -2.88. The molecule has 158 valence electrons. The van der Waals surface area contributed by atoms with E-state index in [1.807, 2.05) is 0 Å². The summed E-state index contributed by atoms with van der Waals surface area (Å²) in [5, 5.41) is 5.73. The van der Waals surface area contributed by atoms with Gasteiger partial charge in [0.15, 0.2) is 11.7 Å². The highest BCUT2D eigenvalue weighted by Crippen LogP contribution is 2.27. The summed E-state index contributed by atoms with van der Waals surface area (Å²) >= 11 is 16.9. The van der Waals surface area contributed by atoms with Crippen molar-refractivity contribution in [2.45, 2.75) is 0 Å². The number of esters is 2. The van der Waals surface area contributed by atoms with Crippen LogP contribution >= 0.6 is 35.4 Å². The van der Waals surface area contributed by atoms with Gasteiger partial charge in [0.05, 0.1) is 30.4 Å². The van der Waals surface area contributed by atoms with Crippen LogP contribution in [0.25, 0.3) is 0 Å². The van der Waals surface area contributed by atoms with E-state index in [1.54, 1.807) is 6.07 Å². The van der Waals surface area contributed by atoms with Crippen LogP contribution in [0, 0.1) is 0 Å². The molecular weight excluding hydrogens is 455 g/mol. The van der Waals surface area contributed by atoms with Gasteiger partial charge in [-0.05, 0) is 48.6 Å². The van der Waals surface area contributed by atoms with E-state index in [0.29, 0.717) is 5.02 Å². The fraction of sp³-hybridized carbons (Fsp3) is 0.158. The van der Waals surface area contributed by atoms with E-state index in [0.717, 1.165) is 0 Å². The number of halogens is 2. The zero-order valence-electron chi connectivity index (χ0n) is 15.8. The summed E-state index contributed by atoms with van der Waals surface area (Å²) in [6.45, 7) is -0.362. The van der Waals surface area contributed by atoms with Gasteiger partial charge in [-0.2, -0.15) is 0 Å². The molecule has 11 heteroatoms. The number of hydrogen-bond donors (Lipinski definition) is 2. The number of ether oxygens (including phenoxy) is 3. The van der Waals surface area contributed by atoms with Crippen molar-refractivity contribution in [2.75, 3.05) is 26.1 Å². The third-order valence-electron chi connectivity index (χ3n) is 3.54. The van der Waals surface area contributed by atoms with Gasteiger partial charge in [0.2, 0.25) is 0 Å². The minimum atomic E-state index is -0.660. The minimum Gasteiger partial charge on any atom is -0.482 e. The highest BCUT2D eigenvalue weighted by Gasteiger charge is 2.15. The lowest BCUT2D eigenvalue weighted by Crippen LogP contribution is -2.37. The summed E-state index contributed by atoms with van der Waals surface area (Å²) in [6, 6.07) is 8.70. The first-order valence-electron chi connectivity index (χ1n) is 8.24. The number of thiocarbonyl (C=S) groups is 1. The van der Waals surface area contributed by atoms with Crippen LogP contribution in [0.15, 0.2) is 36.4 Å². The van der Waals surface area contributed by atoms with Crippen LogP contribution in [0.4, 0.5) is 5.69 Å². The lowest BCUT2D eigenvalue weighted by molar-refractivity contribution is -0.121. The quantitative estimate of drug-likeness (QED) is 0.488. The smallest absolute Gasteiger partial charge is 0.337 e. The second kappa shape index (κ2) is 10.8. The molecule has 30 heavy (non-hydrogen) atoms. The molecule has 0 spiro atoms. The molecule has 1 amide bonds. The third kappa shape index (κ3) is 6.58. The largest absolute Gasteiger partial charge is 0.482 e. The molecule has 8 nitrogen and oxygen atoms in total. The molecule has 2 aromatic rings. The van der Waals surface area contributed by atoms with E-state index >= 15 is 0 Å². The Morgan fingerprint density at radius 1 is 0.967 bits per heavy atom. The van der Waals surface area contributed by atoms with E-state index in [9.17, 15) is 14.4 Å². The SMILES string of the molecule is COC(=O)c1cc(NC(=S)NC(=O)COc2ccc(Cl)cc2Cl)cc(C(=O)OC)c1. The van der Waals surface area contributed by atoms with Crippen LogP contribution in [-0.4, -0.2) is 43.8 Å². The van der Waals surface area contributed by atoms with E-state index in [2.05, 4.69) is 20.1 Å². The van der Waals surface area contributed by atoms with Gasteiger partial charge in [-0.15, -0.1) is 0 Å². The number of hydrogen-bond acceptors (Lipinski definition) is 7. The molecule has 0 atom stereocenters. The molecule has 0 fully saturated rings. The lowest BCUT2D eigenvalue weighted by atomic mass is 10.1. The Kier molecular flexibility index (Phi) is 8.40. The van der Waals surface area contributed by atoms with E-state index in [1.165, 1.54) is 44.6 Å². The molecule has 0 unspecified atom stereocenters. The summed E-state index contributed by atoms with van der Waals surface area (Å²) < 4.78 is 14.6. The molecule has 0 saturated heterocycles. The molecular formula is C19H16Cl2N2O6S. The zero-order valence-corrected chi connectivity index (χ0v) is 18.1. The van der Waals surface area contributed by atoms with Crippen LogP contribution < -0.4 is 15.4 Å². The van der Waals surface area contributed by atoms with Crippen LogP contribution in [0.1, 0.15) is 20.7 Å². The number of amides is 1. The number of anilines is 1. The first kappa shape index (κ1) is 23.4.